The first kappa shape index (κ1) is 24.9. The maximum absolute atomic E-state index is 8.68. The number of imidazole rings is 1. The van der Waals surface area contributed by atoms with E-state index >= 15 is 0 Å². The number of aliphatic imine (C=N–C) groups is 1. The highest BCUT2D eigenvalue weighted by molar-refractivity contribution is 6.31. The van der Waals surface area contributed by atoms with Crippen molar-refractivity contribution >= 4 is 23.3 Å². The molecule has 0 amide bonds. The van der Waals surface area contributed by atoms with Gasteiger partial charge in [0.2, 0.25) is 5.88 Å². The van der Waals surface area contributed by atoms with Crippen molar-refractivity contribution in [3.8, 4) is 11.6 Å². The van der Waals surface area contributed by atoms with Crippen LogP contribution >= 0.6 is 11.6 Å². The SMILES string of the molecule is COc1nc(C(=N)/N=C2\NCCC[C@H]2c2cc(C(C)(C)OC)ccc2Cl)ccc1-n1cnc(C)c1. The van der Waals surface area contributed by atoms with E-state index in [9.17, 15) is 0 Å². The van der Waals surface area contributed by atoms with Crippen LogP contribution in [0.4, 0.5) is 0 Å². The Morgan fingerprint density at radius 2 is 2.06 bits per heavy atom. The van der Waals surface area contributed by atoms with Crippen molar-refractivity contribution in [1.82, 2.24) is 19.9 Å². The van der Waals surface area contributed by atoms with Crippen molar-refractivity contribution in [2.24, 2.45) is 4.99 Å². The molecule has 3 aromatic rings. The first-order valence-corrected chi connectivity index (χ1v) is 11.9. The molecule has 1 aromatic carbocycles. The summed E-state index contributed by atoms with van der Waals surface area (Å²) in [5.74, 6) is 1.11. The number of rotatable bonds is 6. The van der Waals surface area contributed by atoms with E-state index in [1.54, 1.807) is 26.6 Å². The molecule has 3 heterocycles. The minimum atomic E-state index is -0.443. The van der Waals surface area contributed by atoms with Crippen LogP contribution in [-0.2, 0) is 10.3 Å². The van der Waals surface area contributed by atoms with Gasteiger partial charge in [-0.2, -0.15) is 0 Å². The predicted molar refractivity (Wildman–Crippen MR) is 138 cm³/mol. The largest absolute Gasteiger partial charge is 0.479 e. The molecule has 1 aliphatic heterocycles. The number of ether oxygens (including phenoxy) is 2. The molecule has 4 rings (SSSR count). The Morgan fingerprint density at radius 1 is 1.26 bits per heavy atom. The number of aromatic nitrogens is 3. The van der Waals surface area contributed by atoms with Crippen molar-refractivity contribution in [3.05, 3.63) is 70.4 Å². The Kier molecular flexibility index (Phi) is 7.23. The summed E-state index contributed by atoms with van der Waals surface area (Å²) >= 11 is 6.65. The highest BCUT2D eigenvalue weighted by atomic mass is 35.5. The summed E-state index contributed by atoms with van der Waals surface area (Å²) in [6, 6.07) is 9.62. The van der Waals surface area contributed by atoms with Crippen molar-refractivity contribution < 1.29 is 9.47 Å². The van der Waals surface area contributed by atoms with Crippen LogP contribution in [0.25, 0.3) is 5.69 Å². The number of nitrogens with zero attached hydrogens (tertiary/aromatic N) is 4. The molecule has 8 nitrogen and oxygen atoms in total. The standard InChI is InChI=1S/C26H31ClN6O2/c1-16-14-33(15-30-16)22-11-10-21(31-25(22)34-4)23(28)32-24-18(7-6-12-29-24)19-13-17(8-9-20(19)27)26(2,3)35-5/h8-11,13-15,18H,6-7,12H2,1-5H3,(H2,28,29,32)/t18-/m0/s1. The molecule has 0 bridgehead atoms. The minimum absolute atomic E-state index is 0.0514. The molecule has 35 heavy (non-hydrogen) atoms. The smallest absolute Gasteiger partial charge is 0.238 e. The number of piperidine rings is 1. The lowest BCUT2D eigenvalue weighted by Gasteiger charge is -2.29. The summed E-state index contributed by atoms with van der Waals surface area (Å²) in [5, 5.41) is 12.7. The summed E-state index contributed by atoms with van der Waals surface area (Å²) < 4.78 is 13.0. The van der Waals surface area contributed by atoms with E-state index < -0.39 is 5.60 Å². The normalized spacial score (nSPS) is 17.3. The lowest BCUT2D eigenvalue weighted by molar-refractivity contribution is 0.0191. The minimum Gasteiger partial charge on any atom is -0.479 e. The zero-order valence-corrected chi connectivity index (χ0v) is 21.5. The molecule has 1 saturated heterocycles. The number of nitrogens with one attached hydrogen (secondary N) is 2. The molecule has 0 saturated carbocycles. The fourth-order valence-corrected chi connectivity index (χ4v) is 4.40. The van der Waals surface area contributed by atoms with Gasteiger partial charge in [-0.1, -0.05) is 23.7 Å². The summed E-state index contributed by atoms with van der Waals surface area (Å²) in [4.78, 5) is 13.5. The van der Waals surface area contributed by atoms with Crippen molar-refractivity contribution in [1.29, 1.82) is 5.41 Å². The number of amidine groups is 2. The molecule has 1 atom stereocenters. The summed E-state index contributed by atoms with van der Waals surface area (Å²) in [5.41, 5.74) is 3.63. The zero-order chi connectivity index (χ0) is 25.2. The molecule has 0 spiro atoms. The van der Waals surface area contributed by atoms with Crippen LogP contribution < -0.4 is 10.1 Å². The maximum atomic E-state index is 8.68. The van der Waals surface area contributed by atoms with Crippen LogP contribution in [-0.4, -0.2) is 47.0 Å². The molecule has 184 valence electrons. The second-order valence-corrected chi connectivity index (χ2v) is 9.47. The number of hydrogen-bond acceptors (Lipinski definition) is 5. The van der Waals surface area contributed by atoms with E-state index in [-0.39, 0.29) is 11.8 Å². The van der Waals surface area contributed by atoms with Gasteiger partial charge in [-0.05, 0) is 62.9 Å². The van der Waals surface area contributed by atoms with E-state index in [1.807, 2.05) is 49.7 Å². The van der Waals surface area contributed by atoms with Gasteiger partial charge in [0.25, 0.3) is 0 Å². The predicted octanol–water partition coefficient (Wildman–Crippen LogP) is 5.01. The highest BCUT2D eigenvalue weighted by Gasteiger charge is 2.28. The van der Waals surface area contributed by atoms with Gasteiger partial charge in [0.1, 0.15) is 17.2 Å². The summed E-state index contributed by atoms with van der Waals surface area (Å²) in [6.45, 7) is 6.76. The van der Waals surface area contributed by atoms with Crippen LogP contribution in [0, 0.1) is 12.3 Å². The van der Waals surface area contributed by atoms with Gasteiger partial charge >= 0.3 is 0 Å². The monoisotopic (exact) mass is 494 g/mol. The zero-order valence-electron chi connectivity index (χ0n) is 20.7. The van der Waals surface area contributed by atoms with Gasteiger partial charge in [-0.15, -0.1) is 0 Å². The lowest BCUT2D eigenvalue weighted by atomic mass is 9.86. The van der Waals surface area contributed by atoms with E-state index in [4.69, 9.17) is 26.5 Å². The Morgan fingerprint density at radius 3 is 2.74 bits per heavy atom. The summed E-state index contributed by atoms with van der Waals surface area (Å²) in [6.07, 6.45) is 5.46. The average molecular weight is 495 g/mol. The van der Waals surface area contributed by atoms with Gasteiger partial charge in [-0.25, -0.2) is 15.0 Å². The average Bonchev–Trinajstić information content (AvgIpc) is 3.30. The third kappa shape index (κ3) is 5.23. The lowest BCUT2D eigenvalue weighted by Crippen LogP contribution is -2.36. The third-order valence-corrected chi connectivity index (χ3v) is 6.73. The fourth-order valence-electron chi connectivity index (χ4n) is 4.15. The number of aryl methyl sites for hydroxylation is 1. The van der Waals surface area contributed by atoms with Crippen molar-refractivity contribution in [2.45, 2.75) is 45.1 Å². The molecule has 0 aliphatic carbocycles. The maximum Gasteiger partial charge on any atom is 0.238 e. The van der Waals surface area contributed by atoms with Gasteiger partial charge in [0, 0.05) is 30.8 Å². The number of pyridine rings is 1. The van der Waals surface area contributed by atoms with Crippen LogP contribution in [0.3, 0.4) is 0 Å². The molecule has 1 fully saturated rings. The van der Waals surface area contributed by atoms with Crippen molar-refractivity contribution in [3.63, 3.8) is 0 Å². The van der Waals surface area contributed by atoms with Crippen molar-refractivity contribution in [2.75, 3.05) is 20.8 Å². The quantitative estimate of drug-likeness (QED) is 0.371. The first-order chi connectivity index (χ1) is 16.7. The molecule has 9 heteroatoms. The molecule has 2 N–H and O–H groups in total. The Labute approximate surface area is 210 Å². The number of hydrogen-bond donors (Lipinski definition) is 2. The summed E-state index contributed by atoms with van der Waals surface area (Å²) in [7, 11) is 3.26. The molecule has 0 unspecified atom stereocenters. The van der Waals surface area contributed by atoms with E-state index in [0.29, 0.717) is 22.4 Å². The Hall–Kier alpha value is -3.23. The van der Waals surface area contributed by atoms with Gasteiger partial charge in [0.05, 0.1) is 24.7 Å². The number of benzene rings is 1. The Balaban J connectivity index is 1.67. The number of halogens is 1. The topological polar surface area (TPSA) is 97.4 Å². The van der Waals surface area contributed by atoms with Crippen LogP contribution in [0.5, 0.6) is 5.88 Å². The van der Waals surface area contributed by atoms with Crippen LogP contribution in [0.15, 0.2) is 47.8 Å². The fraction of sp³-hybridized carbons (Fsp3) is 0.385. The molecule has 1 aliphatic rings. The van der Waals surface area contributed by atoms with E-state index in [2.05, 4.69) is 26.3 Å². The third-order valence-electron chi connectivity index (χ3n) is 6.38. The van der Waals surface area contributed by atoms with Crippen LogP contribution in [0.2, 0.25) is 5.02 Å². The molecular weight excluding hydrogens is 464 g/mol. The second-order valence-electron chi connectivity index (χ2n) is 9.07. The van der Waals surface area contributed by atoms with Crippen LogP contribution in [0.1, 0.15) is 55.1 Å². The molecule has 2 aromatic heterocycles. The van der Waals surface area contributed by atoms with Gasteiger partial charge in [0.15, 0.2) is 5.84 Å². The van der Waals surface area contributed by atoms with E-state index in [0.717, 1.165) is 41.9 Å². The molecular formula is C26H31ClN6O2. The first-order valence-electron chi connectivity index (χ1n) is 11.6. The molecule has 0 radical (unpaired) electrons. The second kappa shape index (κ2) is 10.2. The van der Waals surface area contributed by atoms with Gasteiger partial charge in [-0.3, -0.25) is 5.41 Å². The number of methoxy groups -OCH3 is 2. The van der Waals surface area contributed by atoms with Gasteiger partial charge < -0.3 is 19.4 Å². The van der Waals surface area contributed by atoms with E-state index in [1.165, 1.54) is 0 Å². The Bertz CT molecular complexity index is 1270. The highest BCUT2D eigenvalue weighted by Crippen LogP contribution is 2.35.